The van der Waals surface area contributed by atoms with Crippen LogP contribution in [0.3, 0.4) is 0 Å². The normalized spacial score (nSPS) is 10.6. The van der Waals surface area contributed by atoms with E-state index in [-0.39, 0.29) is 0 Å². The summed E-state index contributed by atoms with van der Waals surface area (Å²) in [4.78, 5) is 8.43. The summed E-state index contributed by atoms with van der Waals surface area (Å²) in [6, 6.07) is 0. The highest BCUT2D eigenvalue weighted by atomic mass is 79.9. The first-order valence-electron chi connectivity index (χ1n) is 4.90. The van der Waals surface area contributed by atoms with Crippen molar-refractivity contribution in [2.24, 2.45) is 7.05 Å². The Morgan fingerprint density at radius 2 is 2.18 bits per heavy atom. The second kappa shape index (κ2) is 4.33. The maximum atomic E-state index is 5.74. The van der Waals surface area contributed by atoms with Crippen molar-refractivity contribution in [1.82, 2.24) is 19.7 Å². The van der Waals surface area contributed by atoms with Gasteiger partial charge >= 0.3 is 0 Å². The largest absolute Gasteiger partial charge is 0.481 e. The number of anilines is 1. The lowest BCUT2D eigenvalue weighted by molar-refractivity contribution is 0.374. The molecule has 0 bridgehead atoms. The molecule has 2 aromatic rings. The van der Waals surface area contributed by atoms with E-state index >= 15 is 0 Å². The molecule has 90 valence electrons. The number of hydrogen-bond acceptors (Lipinski definition) is 5. The topological polar surface area (TPSA) is 78.8 Å². The fourth-order valence-electron chi connectivity index (χ4n) is 1.63. The Balaban J connectivity index is 2.63. The van der Waals surface area contributed by atoms with Crippen LogP contribution in [0.25, 0.3) is 11.4 Å². The van der Waals surface area contributed by atoms with Crippen molar-refractivity contribution in [2.75, 3.05) is 12.8 Å². The van der Waals surface area contributed by atoms with Gasteiger partial charge in [0.15, 0.2) is 5.82 Å². The molecule has 0 saturated carbocycles. The van der Waals surface area contributed by atoms with E-state index in [0.717, 1.165) is 11.3 Å². The number of nitrogen functional groups attached to an aromatic ring is 1. The van der Waals surface area contributed by atoms with Gasteiger partial charge in [0, 0.05) is 13.2 Å². The summed E-state index contributed by atoms with van der Waals surface area (Å²) in [6.45, 7) is 1.87. The maximum absolute atomic E-state index is 5.74. The quantitative estimate of drug-likeness (QED) is 0.909. The molecule has 2 heterocycles. The van der Waals surface area contributed by atoms with Crippen molar-refractivity contribution in [3.8, 4) is 17.3 Å². The van der Waals surface area contributed by atoms with Gasteiger partial charge in [-0.15, -0.1) is 0 Å². The van der Waals surface area contributed by atoms with Gasteiger partial charge in [-0.25, -0.2) is 14.6 Å². The zero-order valence-electron chi connectivity index (χ0n) is 9.73. The van der Waals surface area contributed by atoms with Crippen molar-refractivity contribution in [2.45, 2.75) is 6.92 Å². The first-order chi connectivity index (χ1) is 8.04. The van der Waals surface area contributed by atoms with Gasteiger partial charge in [-0.3, -0.25) is 0 Å². The predicted octanol–water partition coefficient (Wildman–Crippen LogP) is 1.54. The molecule has 17 heavy (non-hydrogen) atoms. The lowest BCUT2D eigenvalue weighted by atomic mass is 10.2. The van der Waals surface area contributed by atoms with E-state index in [1.807, 2.05) is 6.92 Å². The van der Waals surface area contributed by atoms with Gasteiger partial charge < -0.3 is 10.5 Å². The number of methoxy groups -OCH3 is 1. The molecule has 2 rings (SSSR count). The molecule has 2 N–H and O–H groups in total. The molecule has 0 unspecified atom stereocenters. The van der Waals surface area contributed by atoms with Gasteiger partial charge in [-0.1, -0.05) is 0 Å². The minimum Gasteiger partial charge on any atom is -0.481 e. The van der Waals surface area contributed by atoms with Crippen LogP contribution < -0.4 is 10.5 Å². The summed E-state index contributed by atoms with van der Waals surface area (Å²) in [5, 5.41) is 4.27. The minimum absolute atomic E-state index is 0.389. The standard InChI is InChI=1S/C10H12BrN5O/c1-5-7(10(17-3)16(2)15-5)9-13-4-6(11)8(12)14-9/h4H,1-3H3,(H2,12,13,14). The third kappa shape index (κ3) is 1.97. The molecular weight excluding hydrogens is 286 g/mol. The van der Waals surface area contributed by atoms with Gasteiger partial charge in [-0.05, 0) is 22.9 Å². The summed E-state index contributed by atoms with van der Waals surface area (Å²) < 4.78 is 7.60. The molecule has 0 atom stereocenters. The molecule has 7 heteroatoms. The number of ether oxygens (including phenoxy) is 1. The lowest BCUT2D eigenvalue weighted by Gasteiger charge is -2.05. The van der Waals surface area contributed by atoms with E-state index in [4.69, 9.17) is 10.5 Å². The fourth-order valence-corrected chi connectivity index (χ4v) is 1.82. The Bertz CT molecular complexity index is 566. The summed E-state index contributed by atoms with van der Waals surface area (Å²) in [7, 11) is 3.39. The maximum Gasteiger partial charge on any atom is 0.222 e. The summed E-state index contributed by atoms with van der Waals surface area (Å²) in [5.41, 5.74) is 7.30. The molecule has 0 saturated heterocycles. The number of nitrogens with zero attached hydrogens (tertiary/aromatic N) is 4. The van der Waals surface area contributed by atoms with Gasteiger partial charge in [0.25, 0.3) is 0 Å². The van der Waals surface area contributed by atoms with Gasteiger partial charge in [0.2, 0.25) is 5.88 Å². The Morgan fingerprint density at radius 3 is 2.76 bits per heavy atom. The second-order valence-corrected chi connectivity index (χ2v) is 4.37. The SMILES string of the molecule is COc1c(-c2ncc(Br)c(N)n2)c(C)nn1C. The molecule has 0 amide bonds. The summed E-state index contributed by atoms with van der Waals surface area (Å²) in [5.74, 6) is 1.51. The van der Waals surface area contributed by atoms with Crippen LogP contribution in [0.2, 0.25) is 0 Å². The zero-order valence-corrected chi connectivity index (χ0v) is 11.3. The molecule has 0 fully saturated rings. The molecular formula is C10H12BrN5O. The van der Waals surface area contributed by atoms with Crippen LogP contribution in [0.5, 0.6) is 5.88 Å². The Morgan fingerprint density at radius 1 is 1.47 bits per heavy atom. The average Bonchev–Trinajstić information content (AvgIpc) is 2.57. The zero-order chi connectivity index (χ0) is 12.6. The highest BCUT2D eigenvalue weighted by Gasteiger charge is 2.18. The fraction of sp³-hybridized carbons (Fsp3) is 0.300. The van der Waals surface area contributed by atoms with Crippen molar-refractivity contribution in [3.05, 3.63) is 16.4 Å². The number of aromatic nitrogens is 4. The lowest BCUT2D eigenvalue weighted by Crippen LogP contribution is -1.99. The van der Waals surface area contributed by atoms with E-state index in [1.165, 1.54) is 0 Å². The van der Waals surface area contributed by atoms with Crippen LogP contribution >= 0.6 is 15.9 Å². The highest BCUT2D eigenvalue weighted by Crippen LogP contribution is 2.31. The van der Waals surface area contributed by atoms with Gasteiger partial charge in [-0.2, -0.15) is 5.10 Å². The first kappa shape index (κ1) is 11.8. The molecule has 0 aromatic carbocycles. The van der Waals surface area contributed by atoms with Crippen LogP contribution in [0, 0.1) is 6.92 Å². The average molecular weight is 298 g/mol. The van der Waals surface area contributed by atoms with E-state index in [2.05, 4.69) is 31.0 Å². The van der Waals surface area contributed by atoms with Crippen molar-refractivity contribution in [3.63, 3.8) is 0 Å². The molecule has 6 nitrogen and oxygen atoms in total. The molecule has 2 aromatic heterocycles. The molecule has 0 spiro atoms. The van der Waals surface area contributed by atoms with Crippen LogP contribution in [-0.2, 0) is 7.05 Å². The van der Waals surface area contributed by atoms with Gasteiger partial charge in [0.05, 0.1) is 17.3 Å². The van der Waals surface area contributed by atoms with Crippen molar-refractivity contribution < 1.29 is 4.74 Å². The van der Waals surface area contributed by atoms with Crippen LogP contribution in [0.15, 0.2) is 10.7 Å². The third-order valence-electron chi connectivity index (χ3n) is 2.36. The molecule has 0 aliphatic heterocycles. The second-order valence-electron chi connectivity index (χ2n) is 3.52. The Labute approximate surface area is 107 Å². The van der Waals surface area contributed by atoms with Crippen LogP contribution in [-0.4, -0.2) is 26.9 Å². The number of aryl methyl sites for hydroxylation is 2. The Kier molecular flexibility index (Phi) is 3.01. The number of rotatable bonds is 2. The van der Waals surface area contributed by atoms with Crippen molar-refractivity contribution >= 4 is 21.7 Å². The predicted molar refractivity (Wildman–Crippen MR) is 67.6 cm³/mol. The van der Waals surface area contributed by atoms with E-state index in [9.17, 15) is 0 Å². The summed E-state index contributed by atoms with van der Waals surface area (Å²) >= 11 is 3.26. The number of halogens is 1. The number of nitrogens with two attached hydrogens (primary N) is 1. The van der Waals surface area contributed by atoms with Crippen LogP contribution in [0.1, 0.15) is 5.69 Å². The monoisotopic (exact) mass is 297 g/mol. The van der Waals surface area contributed by atoms with E-state index in [0.29, 0.717) is 22.0 Å². The highest BCUT2D eigenvalue weighted by molar-refractivity contribution is 9.10. The first-order valence-corrected chi connectivity index (χ1v) is 5.70. The minimum atomic E-state index is 0.389. The van der Waals surface area contributed by atoms with Crippen molar-refractivity contribution in [1.29, 1.82) is 0 Å². The van der Waals surface area contributed by atoms with E-state index < -0.39 is 0 Å². The van der Waals surface area contributed by atoms with Gasteiger partial charge in [0.1, 0.15) is 11.4 Å². The third-order valence-corrected chi connectivity index (χ3v) is 2.97. The molecule has 0 aliphatic rings. The van der Waals surface area contributed by atoms with Crippen LogP contribution in [0.4, 0.5) is 5.82 Å². The summed E-state index contributed by atoms with van der Waals surface area (Å²) in [6.07, 6.45) is 1.61. The Hall–Kier alpha value is -1.63. The number of hydrogen-bond donors (Lipinski definition) is 1. The molecule has 0 radical (unpaired) electrons. The smallest absolute Gasteiger partial charge is 0.222 e. The van der Waals surface area contributed by atoms with E-state index in [1.54, 1.807) is 25.0 Å². The molecule has 0 aliphatic carbocycles.